The van der Waals surface area contributed by atoms with Crippen molar-refractivity contribution in [2.24, 2.45) is 0 Å². The molecule has 3 aromatic carbocycles. The van der Waals surface area contributed by atoms with Gasteiger partial charge in [0.15, 0.2) is 9.84 Å². The molecule has 8 heteroatoms. The lowest BCUT2D eigenvalue weighted by molar-refractivity contribution is 0.187. The zero-order chi connectivity index (χ0) is 19.4. The van der Waals surface area contributed by atoms with Crippen LogP contribution in [0.25, 0.3) is 10.8 Å². The van der Waals surface area contributed by atoms with Crippen LogP contribution in [0.3, 0.4) is 0 Å². The van der Waals surface area contributed by atoms with E-state index in [1.807, 2.05) is 12.1 Å². The van der Waals surface area contributed by atoms with Crippen molar-refractivity contribution in [1.29, 1.82) is 0 Å². The van der Waals surface area contributed by atoms with Crippen molar-refractivity contribution in [2.75, 3.05) is 17.1 Å². The Labute approximate surface area is 157 Å². The Kier molecular flexibility index (Phi) is 4.03. The van der Waals surface area contributed by atoms with Crippen molar-refractivity contribution in [3.8, 4) is 0 Å². The topological polar surface area (TPSA) is 91.8 Å². The lowest BCUT2D eigenvalue weighted by atomic mass is 10.1. The van der Waals surface area contributed by atoms with Crippen molar-refractivity contribution in [3.05, 3.63) is 66.2 Å². The molecule has 0 aromatic heterocycles. The third-order valence-corrected chi connectivity index (χ3v) is 7.66. The average Bonchev–Trinajstić information content (AvgIpc) is 2.84. The molecule has 0 aliphatic carbocycles. The van der Waals surface area contributed by atoms with Gasteiger partial charge in [0.05, 0.1) is 28.1 Å². The van der Waals surface area contributed by atoms with Gasteiger partial charge in [0.2, 0.25) is 0 Å². The van der Waals surface area contributed by atoms with Crippen molar-refractivity contribution in [1.82, 2.24) is 0 Å². The summed E-state index contributed by atoms with van der Waals surface area (Å²) < 4.78 is 50.2. The minimum absolute atomic E-state index is 0.143. The van der Waals surface area contributed by atoms with Crippen LogP contribution in [0.15, 0.2) is 70.5 Å². The largest absolute Gasteiger partial charge is 0.387 e. The number of benzene rings is 3. The fourth-order valence-electron chi connectivity index (χ4n) is 3.35. The molecule has 0 saturated carbocycles. The SMILES string of the molecule is CS(=O)(=O)c1ccc(C(O)CN2c3cccc4cccc(c34)S2(=O)=O)cc1. The van der Waals surface area contributed by atoms with Gasteiger partial charge in [-0.15, -0.1) is 0 Å². The van der Waals surface area contributed by atoms with Crippen LogP contribution in [0.1, 0.15) is 11.7 Å². The minimum atomic E-state index is -3.76. The third kappa shape index (κ3) is 2.90. The quantitative estimate of drug-likeness (QED) is 0.723. The molecule has 1 heterocycles. The Morgan fingerprint density at radius 3 is 2.26 bits per heavy atom. The smallest absolute Gasteiger partial charge is 0.265 e. The van der Waals surface area contributed by atoms with Crippen LogP contribution in [-0.2, 0) is 19.9 Å². The molecular weight excluding hydrogens is 386 g/mol. The van der Waals surface area contributed by atoms with Crippen molar-refractivity contribution < 1.29 is 21.9 Å². The van der Waals surface area contributed by atoms with Crippen LogP contribution < -0.4 is 4.31 Å². The summed E-state index contributed by atoms with van der Waals surface area (Å²) in [5.74, 6) is 0. The molecule has 0 bridgehead atoms. The molecule has 1 atom stereocenters. The van der Waals surface area contributed by atoms with E-state index < -0.39 is 26.0 Å². The third-order valence-electron chi connectivity index (χ3n) is 4.71. The van der Waals surface area contributed by atoms with Crippen molar-refractivity contribution >= 4 is 36.3 Å². The average molecular weight is 403 g/mol. The Bertz CT molecular complexity index is 1240. The highest BCUT2D eigenvalue weighted by Gasteiger charge is 2.36. The minimum Gasteiger partial charge on any atom is -0.387 e. The summed E-state index contributed by atoms with van der Waals surface area (Å²) in [6.45, 7) is -0.158. The first-order chi connectivity index (χ1) is 12.7. The van der Waals surface area contributed by atoms with E-state index in [0.29, 0.717) is 16.6 Å². The van der Waals surface area contributed by atoms with Gasteiger partial charge in [-0.1, -0.05) is 36.4 Å². The summed E-state index contributed by atoms with van der Waals surface area (Å²) in [6, 6.07) is 16.3. The zero-order valence-electron chi connectivity index (χ0n) is 14.4. The van der Waals surface area contributed by atoms with Crippen LogP contribution in [0.2, 0.25) is 0 Å². The summed E-state index contributed by atoms with van der Waals surface area (Å²) in [5.41, 5.74) is 0.982. The highest BCUT2D eigenvalue weighted by Crippen LogP contribution is 2.42. The van der Waals surface area contributed by atoms with Crippen LogP contribution in [-0.4, -0.2) is 34.7 Å². The Hall–Kier alpha value is -2.42. The van der Waals surface area contributed by atoms with E-state index in [-0.39, 0.29) is 16.3 Å². The van der Waals surface area contributed by atoms with E-state index >= 15 is 0 Å². The second kappa shape index (κ2) is 6.05. The normalized spacial score (nSPS) is 16.6. The lowest BCUT2D eigenvalue weighted by Crippen LogP contribution is -2.31. The standard InChI is InChI=1S/C19H17NO5S2/c1-26(22,23)15-10-8-13(9-11-15)17(21)12-20-16-6-2-4-14-5-3-7-18(19(14)16)27(20,24)25/h2-11,17,21H,12H2,1H3. The molecule has 1 unspecified atom stereocenters. The van der Waals surface area contributed by atoms with Gasteiger partial charge in [-0.3, -0.25) is 4.31 Å². The van der Waals surface area contributed by atoms with Crippen molar-refractivity contribution in [2.45, 2.75) is 15.9 Å². The van der Waals surface area contributed by atoms with Gasteiger partial charge in [0.25, 0.3) is 10.0 Å². The van der Waals surface area contributed by atoms with Crippen molar-refractivity contribution in [3.63, 3.8) is 0 Å². The molecule has 6 nitrogen and oxygen atoms in total. The number of sulfonamides is 1. The van der Waals surface area contributed by atoms with E-state index in [1.165, 1.54) is 28.6 Å². The number of nitrogens with zero attached hydrogens (tertiary/aromatic N) is 1. The van der Waals surface area contributed by atoms with E-state index in [9.17, 15) is 21.9 Å². The number of aliphatic hydroxyl groups is 1. The molecule has 0 spiro atoms. The predicted molar refractivity (Wildman–Crippen MR) is 103 cm³/mol. The van der Waals surface area contributed by atoms with Gasteiger partial charge in [-0.05, 0) is 35.2 Å². The molecule has 0 fully saturated rings. The van der Waals surface area contributed by atoms with Gasteiger partial charge in [-0.25, -0.2) is 16.8 Å². The molecule has 0 saturated heterocycles. The molecule has 140 valence electrons. The summed E-state index contributed by atoms with van der Waals surface area (Å²) in [7, 11) is -7.09. The number of β-amino-alcohol motifs (C(OH)–C–C–N with tert-alkyl or cyclic N) is 1. The maximum Gasteiger partial charge on any atom is 0.265 e. The number of rotatable bonds is 4. The molecule has 1 aliphatic heterocycles. The van der Waals surface area contributed by atoms with E-state index in [0.717, 1.165) is 11.6 Å². The number of anilines is 1. The van der Waals surface area contributed by atoms with Crippen LogP contribution >= 0.6 is 0 Å². The van der Waals surface area contributed by atoms with Gasteiger partial charge in [0, 0.05) is 11.6 Å². The number of sulfone groups is 1. The summed E-state index contributed by atoms with van der Waals surface area (Å²) in [6.07, 6.45) is 0.00517. The summed E-state index contributed by atoms with van der Waals surface area (Å²) in [5, 5.41) is 12.1. The predicted octanol–water partition coefficient (Wildman–Crippen LogP) is 2.49. The first kappa shape index (κ1) is 18.0. The van der Waals surface area contributed by atoms with Gasteiger partial charge in [-0.2, -0.15) is 0 Å². The maximum atomic E-state index is 13.0. The molecule has 0 amide bonds. The summed E-state index contributed by atoms with van der Waals surface area (Å²) in [4.78, 5) is 0.375. The molecule has 0 radical (unpaired) electrons. The second-order valence-corrected chi connectivity index (χ2v) is 10.4. The molecular formula is C19H17NO5S2. The van der Waals surface area contributed by atoms with E-state index in [1.54, 1.807) is 24.3 Å². The Morgan fingerprint density at radius 1 is 1.00 bits per heavy atom. The van der Waals surface area contributed by atoms with Gasteiger partial charge >= 0.3 is 0 Å². The molecule has 3 aromatic rings. The molecule has 27 heavy (non-hydrogen) atoms. The van der Waals surface area contributed by atoms with Crippen LogP contribution in [0, 0.1) is 0 Å². The highest BCUT2D eigenvalue weighted by atomic mass is 32.2. The Balaban J connectivity index is 1.70. The van der Waals surface area contributed by atoms with E-state index in [4.69, 9.17) is 0 Å². The highest BCUT2D eigenvalue weighted by molar-refractivity contribution is 7.93. The van der Waals surface area contributed by atoms with Crippen LogP contribution in [0.4, 0.5) is 5.69 Å². The number of hydrogen-bond donors (Lipinski definition) is 1. The Morgan fingerprint density at radius 2 is 1.63 bits per heavy atom. The lowest BCUT2D eigenvalue weighted by Gasteiger charge is -2.22. The molecule has 1 N–H and O–H groups in total. The number of aliphatic hydroxyl groups excluding tert-OH is 1. The van der Waals surface area contributed by atoms with E-state index in [2.05, 4.69) is 0 Å². The fraction of sp³-hybridized carbons (Fsp3) is 0.158. The maximum absolute atomic E-state index is 13.0. The first-order valence-electron chi connectivity index (χ1n) is 8.22. The summed E-state index contributed by atoms with van der Waals surface area (Å²) >= 11 is 0. The van der Waals surface area contributed by atoms with Gasteiger partial charge < -0.3 is 5.11 Å². The molecule has 1 aliphatic rings. The second-order valence-electron chi connectivity index (χ2n) is 6.52. The monoisotopic (exact) mass is 403 g/mol. The fourth-order valence-corrected chi connectivity index (χ4v) is 5.70. The zero-order valence-corrected chi connectivity index (χ0v) is 16.0. The molecule has 4 rings (SSSR count). The van der Waals surface area contributed by atoms with Gasteiger partial charge in [0.1, 0.15) is 0 Å². The van der Waals surface area contributed by atoms with Crippen LogP contribution in [0.5, 0.6) is 0 Å². The first-order valence-corrected chi connectivity index (χ1v) is 11.6. The number of hydrogen-bond acceptors (Lipinski definition) is 5.